The molecule has 0 aliphatic rings. The smallest absolute Gasteiger partial charge is 0.261 e. The number of aromatic amines is 1. The van der Waals surface area contributed by atoms with Gasteiger partial charge in [-0.25, -0.2) is 0 Å². The van der Waals surface area contributed by atoms with Crippen molar-refractivity contribution in [1.82, 2.24) is 15.5 Å². The number of hydrogen-bond acceptors (Lipinski definition) is 3. The van der Waals surface area contributed by atoms with Crippen LogP contribution in [0.5, 0.6) is 0 Å². The normalized spacial score (nSPS) is 10.5. The number of imide groups is 1. The lowest BCUT2D eigenvalue weighted by Gasteiger charge is -2.06. The minimum absolute atomic E-state index is 0.207. The van der Waals surface area contributed by atoms with Gasteiger partial charge in [0.2, 0.25) is 5.91 Å². The molecule has 0 saturated carbocycles. The Morgan fingerprint density at radius 3 is 2.33 bits per heavy atom. The minimum Gasteiger partial charge on any atom is -0.292 e. The van der Waals surface area contributed by atoms with E-state index in [4.69, 9.17) is 0 Å². The van der Waals surface area contributed by atoms with Gasteiger partial charge in [-0.3, -0.25) is 20.0 Å². The van der Waals surface area contributed by atoms with Crippen molar-refractivity contribution in [2.75, 3.05) is 0 Å². The first kappa shape index (κ1) is 11.4. The number of carbonyl (C=O) groups is 2. The zero-order valence-electron chi connectivity index (χ0n) is 9.34. The van der Waals surface area contributed by atoms with Crippen LogP contribution in [0.2, 0.25) is 0 Å². The van der Waals surface area contributed by atoms with E-state index in [1.807, 2.05) is 0 Å². The Balaban J connectivity index is 2.83. The van der Waals surface area contributed by atoms with Crippen molar-refractivity contribution in [2.24, 2.45) is 5.92 Å². The summed E-state index contributed by atoms with van der Waals surface area (Å²) >= 11 is 0. The van der Waals surface area contributed by atoms with Crippen LogP contribution >= 0.6 is 0 Å². The fourth-order valence-electron chi connectivity index (χ4n) is 1.20. The van der Waals surface area contributed by atoms with Gasteiger partial charge in [-0.1, -0.05) is 13.8 Å². The third kappa shape index (κ3) is 2.43. The first-order chi connectivity index (χ1) is 6.93. The average Bonchev–Trinajstić information content (AvgIpc) is 2.45. The molecule has 2 N–H and O–H groups in total. The zero-order chi connectivity index (χ0) is 11.6. The third-order valence-electron chi connectivity index (χ3n) is 2.12. The molecule has 0 fully saturated rings. The van der Waals surface area contributed by atoms with E-state index in [2.05, 4.69) is 15.5 Å². The second-order valence-electron chi connectivity index (χ2n) is 3.78. The van der Waals surface area contributed by atoms with E-state index in [0.717, 1.165) is 0 Å². The number of rotatable bonds is 2. The molecule has 0 bridgehead atoms. The van der Waals surface area contributed by atoms with Crippen molar-refractivity contribution in [2.45, 2.75) is 27.7 Å². The third-order valence-corrected chi connectivity index (χ3v) is 2.12. The number of amides is 2. The number of nitrogens with one attached hydrogen (secondary N) is 2. The maximum Gasteiger partial charge on any atom is 0.261 e. The number of aromatic nitrogens is 2. The highest BCUT2D eigenvalue weighted by Gasteiger charge is 2.18. The first-order valence-electron chi connectivity index (χ1n) is 4.80. The van der Waals surface area contributed by atoms with Gasteiger partial charge in [0.15, 0.2) is 0 Å². The molecule has 0 spiro atoms. The Morgan fingerprint density at radius 2 is 1.93 bits per heavy atom. The topological polar surface area (TPSA) is 74.8 Å². The van der Waals surface area contributed by atoms with Gasteiger partial charge in [0.05, 0.1) is 11.3 Å². The fraction of sp³-hybridized carbons (Fsp3) is 0.500. The molecule has 82 valence electrons. The molecule has 1 heterocycles. The lowest BCUT2D eigenvalue weighted by Crippen LogP contribution is -2.34. The van der Waals surface area contributed by atoms with E-state index in [1.54, 1.807) is 27.7 Å². The number of H-pyrrole nitrogens is 1. The average molecular weight is 209 g/mol. The molecule has 1 rings (SSSR count). The summed E-state index contributed by atoms with van der Waals surface area (Å²) in [6.07, 6.45) is 0. The maximum absolute atomic E-state index is 11.7. The minimum atomic E-state index is -0.391. The molecule has 5 nitrogen and oxygen atoms in total. The van der Waals surface area contributed by atoms with Gasteiger partial charge in [-0.2, -0.15) is 5.10 Å². The van der Waals surface area contributed by atoms with Crippen LogP contribution in [0.3, 0.4) is 0 Å². The van der Waals surface area contributed by atoms with Crippen LogP contribution < -0.4 is 5.32 Å². The Bertz CT molecular complexity index is 374. The Hall–Kier alpha value is -1.65. The van der Waals surface area contributed by atoms with E-state index in [0.29, 0.717) is 17.0 Å². The molecule has 5 heteroatoms. The van der Waals surface area contributed by atoms with Crippen LogP contribution in [0.25, 0.3) is 0 Å². The Labute approximate surface area is 88.3 Å². The van der Waals surface area contributed by atoms with Crippen LogP contribution in [-0.2, 0) is 4.79 Å². The molecule has 1 aromatic rings. The number of hydrogen-bond donors (Lipinski definition) is 2. The van der Waals surface area contributed by atoms with Crippen LogP contribution in [0.15, 0.2) is 0 Å². The Kier molecular flexibility index (Phi) is 3.24. The standard InChI is InChI=1S/C10H15N3O2/c1-5(2)9(14)11-10(15)8-6(3)12-13-7(8)4/h5H,1-4H3,(H,12,13)(H,11,14,15). The van der Waals surface area contributed by atoms with E-state index >= 15 is 0 Å². The van der Waals surface area contributed by atoms with Crippen LogP contribution in [-0.4, -0.2) is 22.0 Å². The summed E-state index contributed by atoms with van der Waals surface area (Å²) in [5.74, 6) is -0.876. The fourth-order valence-corrected chi connectivity index (χ4v) is 1.20. The van der Waals surface area contributed by atoms with Crippen molar-refractivity contribution >= 4 is 11.8 Å². The molecule has 0 unspecified atom stereocenters. The largest absolute Gasteiger partial charge is 0.292 e. The SMILES string of the molecule is Cc1n[nH]c(C)c1C(=O)NC(=O)C(C)C. The van der Waals surface area contributed by atoms with Crippen LogP contribution in [0.1, 0.15) is 35.6 Å². The molecule has 0 radical (unpaired) electrons. The highest BCUT2D eigenvalue weighted by atomic mass is 16.2. The summed E-state index contributed by atoms with van der Waals surface area (Å²) in [5, 5.41) is 8.92. The van der Waals surface area contributed by atoms with E-state index in [9.17, 15) is 9.59 Å². The predicted molar refractivity (Wildman–Crippen MR) is 55.4 cm³/mol. The second kappa shape index (κ2) is 4.25. The summed E-state index contributed by atoms with van der Waals surface area (Å²) in [6.45, 7) is 6.93. The van der Waals surface area contributed by atoms with Gasteiger partial charge in [0.1, 0.15) is 0 Å². The molecule has 0 atom stereocenters. The summed E-state index contributed by atoms with van der Waals surface area (Å²) in [4.78, 5) is 23.0. The zero-order valence-corrected chi connectivity index (χ0v) is 9.34. The van der Waals surface area contributed by atoms with E-state index < -0.39 is 5.91 Å². The maximum atomic E-state index is 11.7. The second-order valence-corrected chi connectivity index (χ2v) is 3.78. The molecule has 0 aliphatic heterocycles. The van der Waals surface area contributed by atoms with Gasteiger partial charge in [-0.15, -0.1) is 0 Å². The number of nitrogens with zero attached hydrogens (tertiary/aromatic N) is 1. The predicted octanol–water partition coefficient (Wildman–Crippen LogP) is 0.939. The highest BCUT2D eigenvalue weighted by molar-refractivity contribution is 6.06. The van der Waals surface area contributed by atoms with Gasteiger partial charge in [0.25, 0.3) is 5.91 Å². The van der Waals surface area contributed by atoms with Gasteiger partial charge >= 0.3 is 0 Å². The molecule has 2 amide bonds. The highest BCUT2D eigenvalue weighted by Crippen LogP contribution is 2.08. The number of carbonyl (C=O) groups excluding carboxylic acids is 2. The van der Waals surface area contributed by atoms with E-state index in [-0.39, 0.29) is 11.8 Å². The van der Waals surface area contributed by atoms with Crippen LogP contribution in [0, 0.1) is 19.8 Å². The Morgan fingerprint density at radius 1 is 1.33 bits per heavy atom. The van der Waals surface area contributed by atoms with Gasteiger partial charge < -0.3 is 0 Å². The molecule has 0 aromatic carbocycles. The van der Waals surface area contributed by atoms with Crippen molar-refractivity contribution < 1.29 is 9.59 Å². The molecule has 0 aliphatic carbocycles. The van der Waals surface area contributed by atoms with E-state index in [1.165, 1.54) is 0 Å². The van der Waals surface area contributed by atoms with Crippen molar-refractivity contribution in [3.05, 3.63) is 17.0 Å². The molecule has 1 aromatic heterocycles. The summed E-state index contributed by atoms with van der Waals surface area (Å²) < 4.78 is 0. The summed E-state index contributed by atoms with van der Waals surface area (Å²) in [6, 6.07) is 0. The lowest BCUT2D eigenvalue weighted by atomic mass is 10.1. The molecular weight excluding hydrogens is 194 g/mol. The van der Waals surface area contributed by atoms with Crippen LogP contribution in [0.4, 0.5) is 0 Å². The van der Waals surface area contributed by atoms with Gasteiger partial charge in [0, 0.05) is 11.6 Å². The number of aryl methyl sites for hydroxylation is 2. The lowest BCUT2D eigenvalue weighted by molar-refractivity contribution is -0.122. The van der Waals surface area contributed by atoms with Crippen molar-refractivity contribution in [3.8, 4) is 0 Å². The van der Waals surface area contributed by atoms with Crippen molar-refractivity contribution in [1.29, 1.82) is 0 Å². The molecule has 15 heavy (non-hydrogen) atoms. The summed E-state index contributed by atoms with van der Waals surface area (Å²) in [7, 11) is 0. The monoisotopic (exact) mass is 209 g/mol. The summed E-state index contributed by atoms with van der Waals surface area (Å²) in [5.41, 5.74) is 1.71. The molecular formula is C10H15N3O2. The molecule has 0 saturated heterocycles. The first-order valence-corrected chi connectivity index (χ1v) is 4.80. The van der Waals surface area contributed by atoms with Gasteiger partial charge in [-0.05, 0) is 13.8 Å². The van der Waals surface area contributed by atoms with Crippen molar-refractivity contribution in [3.63, 3.8) is 0 Å². The quantitative estimate of drug-likeness (QED) is 0.761.